The molecule has 0 saturated heterocycles. The highest BCUT2D eigenvalue weighted by atomic mass is 79.9. The summed E-state index contributed by atoms with van der Waals surface area (Å²) in [5.74, 6) is 0.540. The van der Waals surface area contributed by atoms with Crippen LogP contribution in [0, 0.1) is 6.92 Å². The number of hydrazone groups is 1. The number of benzene rings is 1. The first-order chi connectivity index (χ1) is 12.5. The number of carbonyl (C=O) groups is 1. The maximum atomic E-state index is 11.5. The van der Waals surface area contributed by atoms with Gasteiger partial charge in [-0.1, -0.05) is 0 Å². The second-order valence-corrected chi connectivity index (χ2v) is 6.72. The van der Waals surface area contributed by atoms with E-state index in [4.69, 9.17) is 14.2 Å². The van der Waals surface area contributed by atoms with Gasteiger partial charge >= 0.3 is 5.97 Å². The Hall–Kier alpha value is -2.13. The Bertz CT molecular complexity index is 779. The van der Waals surface area contributed by atoms with Crippen molar-refractivity contribution >= 4 is 44.6 Å². The van der Waals surface area contributed by atoms with Crippen molar-refractivity contribution in [2.45, 2.75) is 20.8 Å². The number of nitrogens with one attached hydrogen (secondary N) is 1. The second-order valence-electron chi connectivity index (χ2n) is 5.01. The van der Waals surface area contributed by atoms with Crippen molar-refractivity contribution in [3.63, 3.8) is 0 Å². The molecule has 0 aliphatic rings. The standard InChI is InChI=1S/C17H20BrN3O4S/c1-4-23-14-6-12(8-19-21-17-20-11(3)10-26-17)13(18)7-15(14)25-9-16(22)24-5-2/h6-8,10H,4-5,9H2,1-3H3,(H,20,21). The SMILES string of the molecule is CCOC(=O)COc1cc(Br)c(C=NNc2nc(C)cs2)cc1OCC. The Kier molecular flexibility index (Phi) is 7.86. The van der Waals surface area contributed by atoms with Crippen molar-refractivity contribution < 1.29 is 19.0 Å². The molecule has 0 bridgehead atoms. The van der Waals surface area contributed by atoms with E-state index in [0.717, 1.165) is 15.7 Å². The van der Waals surface area contributed by atoms with Gasteiger partial charge in [0.25, 0.3) is 0 Å². The summed E-state index contributed by atoms with van der Waals surface area (Å²) < 4.78 is 16.7. The van der Waals surface area contributed by atoms with Crippen molar-refractivity contribution in [3.05, 3.63) is 33.2 Å². The Morgan fingerprint density at radius 3 is 2.73 bits per heavy atom. The first kappa shape index (κ1) is 20.2. The molecule has 2 rings (SSSR count). The van der Waals surface area contributed by atoms with Crippen LogP contribution < -0.4 is 14.9 Å². The largest absolute Gasteiger partial charge is 0.490 e. The molecule has 0 atom stereocenters. The van der Waals surface area contributed by atoms with Crippen LogP contribution in [-0.4, -0.2) is 37.0 Å². The molecule has 1 aromatic carbocycles. The quantitative estimate of drug-likeness (QED) is 0.359. The van der Waals surface area contributed by atoms with Gasteiger partial charge in [0, 0.05) is 15.4 Å². The van der Waals surface area contributed by atoms with Crippen molar-refractivity contribution in [2.75, 3.05) is 25.2 Å². The fourth-order valence-corrected chi connectivity index (χ4v) is 2.99. The van der Waals surface area contributed by atoms with Crippen LogP contribution in [0.3, 0.4) is 0 Å². The van der Waals surface area contributed by atoms with Gasteiger partial charge in [0.05, 0.1) is 25.1 Å². The molecule has 0 aliphatic heterocycles. The first-order valence-corrected chi connectivity index (χ1v) is 9.66. The molecular formula is C17H20BrN3O4S. The van der Waals surface area contributed by atoms with Crippen LogP contribution in [0.1, 0.15) is 25.1 Å². The second kappa shape index (κ2) is 10.1. The average molecular weight is 442 g/mol. The fourth-order valence-electron chi connectivity index (χ4n) is 1.93. The average Bonchev–Trinajstić information content (AvgIpc) is 3.01. The van der Waals surface area contributed by atoms with Crippen LogP contribution in [0.4, 0.5) is 5.13 Å². The molecule has 0 radical (unpaired) electrons. The molecule has 0 saturated carbocycles. The molecule has 0 amide bonds. The lowest BCUT2D eigenvalue weighted by molar-refractivity contribution is -0.145. The molecule has 2 aromatic rings. The van der Waals surface area contributed by atoms with Gasteiger partial charge in [-0.2, -0.15) is 5.10 Å². The minimum absolute atomic E-state index is 0.182. The van der Waals surface area contributed by atoms with Crippen LogP contribution in [0.15, 0.2) is 27.1 Å². The monoisotopic (exact) mass is 441 g/mol. The van der Waals surface area contributed by atoms with Crippen molar-refractivity contribution in [3.8, 4) is 11.5 Å². The lowest BCUT2D eigenvalue weighted by atomic mass is 10.2. The molecular weight excluding hydrogens is 422 g/mol. The topological polar surface area (TPSA) is 82.0 Å². The third-order valence-corrected chi connectivity index (χ3v) is 4.55. The van der Waals surface area contributed by atoms with Crippen LogP contribution in [-0.2, 0) is 9.53 Å². The number of nitrogens with zero attached hydrogens (tertiary/aromatic N) is 2. The summed E-state index contributed by atoms with van der Waals surface area (Å²) in [6.45, 7) is 6.13. The summed E-state index contributed by atoms with van der Waals surface area (Å²) in [4.78, 5) is 15.8. The number of esters is 1. The van der Waals surface area contributed by atoms with Crippen LogP contribution >= 0.6 is 27.3 Å². The summed E-state index contributed by atoms with van der Waals surface area (Å²) in [5, 5.41) is 6.85. The zero-order valence-electron chi connectivity index (χ0n) is 14.7. The number of carbonyl (C=O) groups excluding carboxylic acids is 1. The van der Waals surface area contributed by atoms with E-state index in [1.54, 1.807) is 25.3 Å². The highest BCUT2D eigenvalue weighted by molar-refractivity contribution is 9.10. The molecule has 0 aliphatic carbocycles. The van der Waals surface area contributed by atoms with E-state index in [0.29, 0.717) is 29.8 Å². The maximum Gasteiger partial charge on any atom is 0.344 e. The van der Waals surface area contributed by atoms with E-state index in [9.17, 15) is 4.79 Å². The Labute approximate surface area is 164 Å². The number of aryl methyl sites for hydroxylation is 1. The number of hydrogen-bond acceptors (Lipinski definition) is 8. The lowest BCUT2D eigenvalue weighted by Crippen LogP contribution is -2.15. The molecule has 1 N–H and O–H groups in total. The van der Waals surface area contributed by atoms with Crippen molar-refractivity contribution in [2.24, 2.45) is 5.10 Å². The smallest absolute Gasteiger partial charge is 0.344 e. The zero-order chi connectivity index (χ0) is 18.9. The maximum absolute atomic E-state index is 11.5. The molecule has 1 heterocycles. The summed E-state index contributed by atoms with van der Waals surface area (Å²) in [7, 11) is 0. The third kappa shape index (κ3) is 5.99. The van der Waals surface area contributed by atoms with Gasteiger partial charge in [0.15, 0.2) is 18.1 Å². The normalized spacial score (nSPS) is 10.8. The summed E-state index contributed by atoms with van der Waals surface area (Å²) in [6, 6.07) is 3.52. The summed E-state index contributed by atoms with van der Waals surface area (Å²) >= 11 is 4.96. The van der Waals surface area contributed by atoms with Crippen LogP contribution in [0.25, 0.3) is 0 Å². The van der Waals surface area contributed by atoms with E-state index < -0.39 is 5.97 Å². The van der Waals surface area contributed by atoms with Gasteiger partial charge in [-0.05, 0) is 48.8 Å². The minimum Gasteiger partial charge on any atom is -0.490 e. The van der Waals surface area contributed by atoms with Crippen molar-refractivity contribution in [1.82, 2.24) is 4.98 Å². The molecule has 7 nitrogen and oxygen atoms in total. The van der Waals surface area contributed by atoms with Crippen LogP contribution in [0.5, 0.6) is 11.5 Å². The minimum atomic E-state index is -0.431. The number of hydrogen-bond donors (Lipinski definition) is 1. The number of ether oxygens (including phenoxy) is 3. The van der Waals surface area contributed by atoms with E-state index in [-0.39, 0.29) is 6.61 Å². The van der Waals surface area contributed by atoms with Gasteiger partial charge in [-0.25, -0.2) is 9.78 Å². The summed E-state index contributed by atoms with van der Waals surface area (Å²) in [5.41, 5.74) is 4.61. The van der Waals surface area contributed by atoms with Gasteiger partial charge in [-0.3, -0.25) is 5.43 Å². The number of anilines is 1. The van der Waals surface area contributed by atoms with E-state index in [1.807, 2.05) is 19.2 Å². The zero-order valence-corrected chi connectivity index (χ0v) is 17.1. The molecule has 0 unspecified atom stereocenters. The summed E-state index contributed by atoms with van der Waals surface area (Å²) in [6.07, 6.45) is 1.65. The van der Waals surface area contributed by atoms with E-state index >= 15 is 0 Å². The first-order valence-electron chi connectivity index (χ1n) is 7.99. The Morgan fingerprint density at radius 2 is 2.08 bits per heavy atom. The van der Waals surface area contributed by atoms with Gasteiger partial charge in [-0.15, -0.1) is 11.3 Å². The highest BCUT2D eigenvalue weighted by Crippen LogP contribution is 2.33. The predicted molar refractivity (Wildman–Crippen MR) is 106 cm³/mol. The van der Waals surface area contributed by atoms with E-state index in [2.05, 4.69) is 31.4 Å². The third-order valence-electron chi connectivity index (χ3n) is 3.00. The lowest BCUT2D eigenvalue weighted by Gasteiger charge is -2.13. The van der Waals surface area contributed by atoms with Crippen molar-refractivity contribution in [1.29, 1.82) is 0 Å². The molecule has 26 heavy (non-hydrogen) atoms. The Balaban J connectivity index is 2.12. The van der Waals surface area contributed by atoms with Gasteiger partial charge in [0.1, 0.15) is 0 Å². The number of rotatable bonds is 9. The number of halogens is 1. The number of aromatic nitrogens is 1. The predicted octanol–water partition coefficient (Wildman–Crippen LogP) is 4.00. The molecule has 1 aromatic heterocycles. The molecule has 140 valence electrons. The Morgan fingerprint density at radius 1 is 1.31 bits per heavy atom. The van der Waals surface area contributed by atoms with Gasteiger partial charge < -0.3 is 14.2 Å². The molecule has 0 fully saturated rings. The molecule has 9 heteroatoms. The number of thiazole rings is 1. The highest BCUT2D eigenvalue weighted by Gasteiger charge is 2.12. The fraction of sp³-hybridized carbons (Fsp3) is 0.353. The van der Waals surface area contributed by atoms with E-state index in [1.165, 1.54) is 11.3 Å². The van der Waals surface area contributed by atoms with Crippen LogP contribution in [0.2, 0.25) is 0 Å². The van der Waals surface area contributed by atoms with Gasteiger partial charge in [0.2, 0.25) is 5.13 Å². The molecule has 0 spiro atoms.